The quantitative estimate of drug-likeness (QED) is 0.734. The second-order valence-electron chi connectivity index (χ2n) is 3.98. The fourth-order valence-corrected chi connectivity index (χ4v) is 1.81. The van der Waals surface area contributed by atoms with E-state index in [1.165, 1.54) is 6.20 Å². The minimum absolute atomic E-state index is 0.340. The summed E-state index contributed by atoms with van der Waals surface area (Å²) in [5.74, 6) is 0.524. The van der Waals surface area contributed by atoms with Crippen LogP contribution in [0.4, 0.5) is 11.5 Å². The average molecular weight is 244 g/mol. The van der Waals surface area contributed by atoms with Crippen molar-refractivity contribution in [3.05, 3.63) is 17.3 Å². The second kappa shape index (κ2) is 4.45. The van der Waals surface area contributed by atoms with Crippen molar-refractivity contribution in [2.45, 2.75) is 12.0 Å². The van der Waals surface area contributed by atoms with Crippen LogP contribution in [0.25, 0.3) is 0 Å². The largest absolute Gasteiger partial charge is 0.397 e. The molecular formula is C10H14ClN3O2. The molecular weight excluding hydrogens is 230 g/mol. The van der Waals surface area contributed by atoms with E-state index in [0.717, 1.165) is 0 Å². The smallest absolute Gasteiger partial charge is 0.145 e. The molecule has 0 aromatic carbocycles. The van der Waals surface area contributed by atoms with Crippen LogP contribution in [-0.2, 0) is 4.74 Å². The van der Waals surface area contributed by atoms with Gasteiger partial charge >= 0.3 is 0 Å². The van der Waals surface area contributed by atoms with Gasteiger partial charge in [-0.25, -0.2) is 4.98 Å². The number of halogens is 1. The first-order chi connectivity index (χ1) is 7.59. The molecule has 0 aliphatic carbocycles. The molecule has 0 spiro atoms. The summed E-state index contributed by atoms with van der Waals surface area (Å²) >= 11 is 5.94. The molecule has 16 heavy (non-hydrogen) atoms. The number of pyridine rings is 1. The highest BCUT2D eigenvalue weighted by molar-refractivity contribution is 6.33. The van der Waals surface area contributed by atoms with Crippen LogP contribution in [0.1, 0.15) is 6.42 Å². The standard InChI is InChI=1S/C10H14ClN3O2/c11-8-3-7(12)4-13-9(8)14-5-10(15)1-2-16-6-10/h3-4,15H,1-2,5-6,12H2,(H,13,14). The van der Waals surface area contributed by atoms with Crippen molar-refractivity contribution in [3.63, 3.8) is 0 Å². The molecule has 1 atom stereocenters. The fraction of sp³-hybridized carbons (Fsp3) is 0.500. The summed E-state index contributed by atoms with van der Waals surface area (Å²) in [6, 6.07) is 1.62. The topological polar surface area (TPSA) is 80.4 Å². The molecule has 0 bridgehead atoms. The van der Waals surface area contributed by atoms with Gasteiger partial charge in [-0.3, -0.25) is 0 Å². The summed E-state index contributed by atoms with van der Waals surface area (Å²) < 4.78 is 5.13. The third-order valence-electron chi connectivity index (χ3n) is 2.53. The van der Waals surface area contributed by atoms with Crippen LogP contribution < -0.4 is 11.1 Å². The Kier molecular flexibility index (Phi) is 3.18. The number of hydrogen-bond donors (Lipinski definition) is 3. The molecule has 0 amide bonds. The number of nitrogens with zero attached hydrogens (tertiary/aromatic N) is 1. The molecule has 1 saturated heterocycles. The zero-order valence-electron chi connectivity index (χ0n) is 8.74. The Balaban J connectivity index is 1.99. The van der Waals surface area contributed by atoms with E-state index in [4.69, 9.17) is 22.1 Å². The van der Waals surface area contributed by atoms with Gasteiger partial charge in [-0.15, -0.1) is 0 Å². The van der Waals surface area contributed by atoms with Crippen molar-refractivity contribution in [1.82, 2.24) is 4.98 Å². The van der Waals surface area contributed by atoms with Crippen molar-refractivity contribution in [2.24, 2.45) is 0 Å². The number of nitrogen functional groups attached to an aromatic ring is 1. The Morgan fingerprint density at radius 2 is 2.50 bits per heavy atom. The molecule has 2 rings (SSSR count). The molecule has 88 valence electrons. The van der Waals surface area contributed by atoms with E-state index in [-0.39, 0.29) is 0 Å². The maximum absolute atomic E-state index is 10.0. The zero-order valence-corrected chi connectivity index (χ0v) is 9.50. The van der Waals surface area contributed by atoms with Gasteiger partial charge in [-0.2, -0.15) is 0 Å². The van der Waals surface area contributed by atoms with Gasteiger partial charge < -0.3 is 20.9 Å². The normalized spacial score (nSPS) is 24.6. The molecule has 1 aromatic heterocycles. The van der Waals surface area contributed by atoms with Gasteiger partial charge in [-0.05, 0) is 6.07 Å². The lowest BCUT2D eigenvalue weighted by Gasteiger charge is -2.21. The van der Waals surface area contributed by atoms with Gasteiger partial charge in [0.2, 0.25) is 0 Å². The van der Waals surface area contributed by atoms with Crippen LogP contribution in [0, 0.1) is 0 Å². The average Bonchev–Trinajstić information content (AvgIpc) is 2.64. The number of rotatable bonds is 3. The molecule has 1 aliphatic rings. The van der Waals surface area contributed by atoms with Gasteiger partial charge in [0.15, 0.2) is 0 Å². The zero-order chi connectivity index (χ0) is 11.6. The molecule has 0 saturated carbocycles. The Hall–Kier alpha value is -1.04. The number of hydrogen-bond acceptors (Lipinski definition) is 5. The lowest BCUT2D eigenvalue weighted by atomic mass is 10.0. The summed E-state index contributed by atoms with van der Waals surface area (Å²) in [6.45, 7) is 1.29. The van der Waals surface area contributed by atoms with E-state index in [2.05, 4.69) is 10.3 Å². The Labute approximate surface area is 98.6 Å². The van der Waals surface area contributed by atoms with E-state index in [1.807, 2.05) is 0 Å². The molecule has 1 unspecified atom stereocenters. The lowest BCUT2D eigenvalue weighted by Crippen LogP contribution is -2.37. The first-order valence-corrected chi connectivity index (χ1v) is 5.42. The minimum atomic E-state index is -0.827. The molecule has 4 N–H and O–H groups in total. The maximum atomic E-state index is 10.0. The van der Waals surface area contributed by atoms with Crippen molar-refractivity contribution in [1.29, 1.82) is 0 Å². The molecule has 5 nitrogen and oxygen atoms in total. The van der Waals surface area contributed by atoms with Crippen LogP contribution in [0.2, 0.25) is 5.02 Å². The van der Waals surface area contributed by atoms with E-state index < -0.39 is 5.60 Å². The number of aliphatic hydroxyl groups is 1. The number of nitrogens with two attached hydrogens (primary N) is 1. The third-order valence-corrected chi connectivity index (χ3v) is 2.82. The van der Waals surface area contributed by atoms with E-state index in [9.17, 15) is 5.11 Å². The lowest BCUT2D eigenvalue weighted by molar-refractivity contribution is 0.0381. The minimum Gasteiger partial charge on any atom is -0.397 e. The van der Waals surface area contributed by atoms with Crippen LogP contribution in [0.15, 0.2) is 12.3 Å². The maximum Gasteiger partial charge on any atom is 0.145 e. The molecule has 1 aromatic rings. The van der Waals surface area contributed by atoms with Crippen LogP contribution in [0.3, 0.4) is 0 Å². The Morgan fingerprint density at radius 3 is 3.12 bits per heavy atom. The predicted molar refractivity (Wildman–Crippen MR) is 62.5 cm³/mol. The number of anilines is 2. The van der Waals surface area contributed by atoms with Crippen LogP contribution in [-0.4, -0.2) is 35.5 Å². The third kappa shape index (κ3) is 2.55. The van der Waals surface area contributed by atoms with E-state index in [0.29, 0.717) is 42.7 Å². The van der Waals surface area contributed by atoms with Crippen molar-refractivity contribution in [2.75, 3.05) is 30.8 Å². The first-order valence-electron chi connectivity index (χ1n) is 5.04. The highest BCUT2D eigenvalue weighted by Crippen LogP contribution is 2.23. The van der Waals surface area contributed by atoms with E-state index in [1.54, 1.807) is 6.07 Å². The SMILES string of the molecule is Nc1cnc(NCC2(O)CCOC2)c(Cl)c1. The molecule has 1 fully saturated rings. The molecule has 2 heterocycles. The molecule has 6 heteroatoms. The molecule has 1 aliphatic heterocycles. The van der Waals surface area contributed by atoms with Crippen LogP contribution >= 0.6 is 11.6 Å². The van der Waals surface area contributed by atoms with Crippen LogP contribution in [0.5, 0.6) is 0 Å². The second-order valence-corrected chi connectivity index (χ2v) is 4.39. The summed E-state index contributed by atoms with van der Waals surface area (Å²) in [5.41, 5.74) is 5.21. The van der Waals surface area contributed by atoms with E-state index >= 15 is 0 Å². The van der Waals surface area contributed by atoms with Gasteiger partial charge in [0.25, 0.3) is 0 Å². The summed E-state index contributed by atoms with van der Waals surface area (Å²) in [5, 5.41) is 13.5. The van der Waals surface area contributed by atoms with Crippen molar-refractivity contribution in [3.8, 4) is 0 Å². The highest BCUT2D eigenvalue weighted by Gasteiger charge is 2.32. The number of aromatic nitrogens is 1. The predicted octanol–water partition coefficient (Wildman–Crippen LogP) is 0.881. The monoisotopic (exact) mass is 243 g/mol. The summed E-state index contributed by atoms with van der Waals surface area (Å²) in [6.07, 6.45) is 2.13. The highest BCUT2D eigenvalue weighted by atomic mass is 35.5. The summed E-state index contributed by atoms with van der Waals surface area (Å²) in [4.78, 5) is 4.05. The Morgan fingerprint density at radius 1 is 1.69 bits per heavy atom. The fourth-order valence-electron chi connectivity index (χ4n) is 1.57. The number of ether oxygens (including phenoxy) is 1. The van der Waals surface area contributed by atoms with Gasteiger partial charge in [0.05, 0.1) is 23.5 Å². The van der Waals surface area contributed by atoms with Gasteiger partial charge in [0.1, 0.15) is 11.4 Å². The molecule has 0 radical (unpaired) electrons. The van der Waals surface area contributed by atoms with Gasteiger partial charge in [0, 0.05) is 19.6 Å². The number of nitrogens with one attached hydrogen (secondary N) is 1. The van der Waals surface area contributed by atoms with Crippen molar-refractivity contribution >= 4 is 23.1 Å². The Bertz CT molecular complexity index is 380. The van der Waals surface area contributed by atoms with Gasteiger partial charge in [-0.1, -0.05) is 11.6 Å². The summed E-state index contributed by atoms with van der Waals surface area (Å²) in [7, 11) is 0. The first kappa shape index (κ1) is 11.4. The van der Waals surface area contributed by atoms with Crippen molar-refractivity contribution < 1.29 is 9.84 Å².